The predicted molar refractivity (Wildman–Crippen MR) is 109 cm³/mol. The third-order valence-electron chi connectivity index (χ3n) is 4.31. The summed E-state index contributed by atoms with van der Waals surface area (Å²) in [5.41, 5.74) is 1.57. The average Bonchev–Trinajstić information content (AvgIpc) is 2.78. The third-order valence-corrected chi connectivity index (χ3v) is 4.31. The summed E-state index contributed by atoms with van der Waals surface area (Å²) in [7, 11) is 0. The standard InChI is InChI=1S/C23H19F3N2O3/c1-16(28-31-14-17-5-9-19(10-6-17)23(24,25)26)18-7-11-20(12-8-18)30-15-22(29)21-4-2-3-13-27-21/h2-13H,14-15H2,1H3. The van der Waals surface area contributed by atoms with Crippen LogP contribution in [0, 0.1) is 0 Å². The van der Waals surface area contributed by atoms with Gasteiger partial charge in [-0.3, -0.25) is 9.78 Å². The maximum absolute atomic E-state index is 12.6. The Hall–Kier alpha value is -3.68. The van der Waals surface area contributed by atoms with E-state index in [1.165, 1.54) is 12.1 Å². The molecule has 2 aromatic carbocycles. The van der Waals surface area contributed by atoms with Gasteiger partial charge in [0.2, 0.25) is 5.78 Å². The van der Waals surface area contributed by atoms with Gasteiger partial charge < -0.3 is 9.57 Å². The van der Waals surface area contributed by atoms with Crippen molar-refractivity contribution in [3.8, 4) is 5.75 Å². The molecular weight excluding hydrogens is 409 g/mol. The molecule has 0 aliphatic rings. The first-order valence-corrected chi connectivity index (χ1v) is 9.33. The largest absolute Gasteiger partial charge is 0.485 e. The molecule has 1 aromatic heterocycles. The Morgan fingerprint density at radius 2 is 1.71 bits per heavy atom. The van der Waals surface area contributed by atoms with Gasteiger partial charge in [-0.15, -0.1) is 0 Å². The number of hydrogen-bond donors (Lipinski definition) is 0. The molecule has 31 heavy (non-hydrogen) atoms. The van der Waals surface area contributed by atoms with Crippen molar-refractivity contribution in [2.75, 3.05) is 6.61 Å². The molecule has 0 atom stereocenters. The van der Waals surface area contributed by atoms with E-state index in [1.54, 1.807) is 55.6 Å². The van der Waals surface area contributed by atoms with Crippen molar-refractivity contribution in [2.45, 2.75) is 19.7 Å². The molecule has 160 valence electrons. The summed E-state index contributed by atoms with van der Waals surface area (Å²) in [5.74, 6) is 0.297. The first-order valence-electron chi connectivity index (χ1n) is 9.33. The van der Waals surface area contributed by atoms with Crippen molar-refractivity contribution in [2.24, 2.45) is 5.16 Å². The number of benzene rings is 2. The fourth-order valence-corrected chi connectivity index (χ4v) is 2.59. The molecule has 0 spiro atoms. The predicted octanol–water partition coefficient (Wildman–Crippen LogP) is 5.30. The number of pyridine rings is 1. The van der Waals surface area contributed by atoms with Crippen LogP contribution < -0.4 is 4.74 Å². The number of oxime groups is 1. The van der Waals surface area contributed by atoms with Crippen LogP contribution in [-0.2, 0) is 17.6 Å². The van der Waals surface area contributed by atoms with Gasteiger partial charge in [0.05, 0.1) is 11.3 Å². The van der Waals surface area contributed by atoms with Crippen LogP contribution in [0.3, 0.4) is 0 Å². The summed E-state index contributed by atoms with van der Waals surface area (Å²) in [6, 6.07) is 16.7. The van der Waals surface area contributed by atoms with Gasteiger partial charge in [0.25, 0.3) is 0 Å². The number of ether oxygens (including phenoxy) is 1. The minimum absolute atomic E-state index is 0.0479. The molecule has 0 aliphatic heterocycles. The summed E-state index contributed by atoms with van der Waals surface area (Å²) < 4.78 is 43.2. The second-order valence-corrected chi connectivity index (χ2v) is 6.60. The number of rotatable bonds is 8. The highest BCUT2D eigenvalue weighted by Crippen LogP contribution is 2.29. The maximum Gasteiger partial charge on any atom is 0.416 e. The molecule has 0 aliphatic carbocycles. The molecule has 8 heteroatoms. The van der Waals surface area contributed by atoms with Crippen LogP contribution in [-0.4, -0.2) is 23.1 Å². The quantitative estimate of drug-likeness (QED) is 0.277. The molecule has 0 saturated heterocycles. The van der Waals surface area contributed by atoms with Gasteiger partial charge in [-0.2, -0.15) is 13.2 Å². The van der Waals surface area contributed by atoms with Crippen molar-refractivity contribution >= 4 is 11.5 Å². The zero-order chi connectivity index (χ0) is 22.3. The van der Waals surface area contributed by atoms with Crippen molar-refractivity contribution in [3.05, 3.63) is 95.3 Å². The van der Waals surface area contributed by atoms with Crippen molar-refractivity contribution < 1.29 is 27.5 Å². The molecule has 3 rings (SSSR count). The molecule has 0 amide bonds. The van der Waals surface area contributed by atoms with E-state index in [-0.39, 0.29) is 19.0 Å². The molecule has 5 nitrogen and oxygen atoms in total. The van der Waals surface area contributed by atoms with Crippen LogP contribution in [0.2, 0.25) is 0 Å². The number of Topliss-reactive ketones (excluding diaryl/α,β-unsaturated/α-hetero) is 1. The van der Waals surface area contributed by atoms with E-state index in [0.717, 1.165) is 17.7 Å². The second kappa shape index (κ2) is 9.88. The number of hydrogen-bond acceptors (Lipinski definition) is 5. The normalized spacial score (nSPS) is 11.8. The van der Waals surface area contributed by atoms with Crippen molar-refractivity contribution in [3.63, 3.8) is 0 Å². The van der Waals surface area contributed by atoms with Crippen LogP contribution in [0.4, 0.5) is 13.2 Å². The number of nitrogens with zero attached hydrogens (tertiary/aromatic N) is 2. The Morgan fingerprint density at radius 3 is 2.32 bits per heavy atom. The Balaban J connectivity index is 1.50. The average molecular weight is 428 g/mol. The molecule has 0 radical (unpaired) electrons. The minimum atomic E-state index is -4.37. The summed E-state index contributed by atoms with van der Waals surface area (Å²) in [6.45, 7) is 1.67. The van der Waals surface area contributed by atoms with Gasteiger partial charge in [0.15, 0.2) is 6.61 Å². The minimum Gasteiger partial charge on any atom is -0.485 e. The van der Waals surface area contributed by atoms with E-state index >= 15 is 0 Å². The van der Waals surface area contributed by atoms with E-state index in [0.29, 0.717) is 22.7 Å². The molecular formula is C23H19F3N2O3. The van der Waals surface area contributed by atoms with E-state index in [2.05, 4.69) is 10.1 Å². The molecule has 0 saturated carbocycles. The molecule has 1 heterocycles. The maximum atomic E-state index is 12.6. The monoisotopic (exact) mass is 428 g/mol. The van der Waals surface area contributed by atoms with Gasteiger partial charge in [0, 0.05) is 6.20 Å². The highest BCUT2D eigenvalue weighted by molar-refractivity contribution is 5.98. The van der Waals surface area contributed by atoms with Crippen LogP contribution in [0.25, 0.3) is 0 Å². The number of carbonyl (C=O) groups is 1. The SMILES string of the molecule is CC(=NOCc1ccc(C(F)(F)F)cc1)c1ccc(OCC(=O)c2ccccn2)cc1. The van der Waals surface area contributed by atoms with Crippen molar-refractivity contribution in [1.29, 1.82) is 0 Å². The van der Waals surface area contributed by atoms with Gasteiger partial charge in [-0.05, 0) is 66.6 Å². The topological polar surface area (TPSA) is 60.8 Å². The van der Waals surface area contributed by atoms with Crippen LogP contribution in [0.15, 0.2) is 78.1 Å². The van der Waals surface area contributed by atoms with Gasteiger partial charge in [0.1, 0.15) is 18.1 Å². The fraction of sp³-hybridized carbons (Fsp3) is 0.174. The molecule has 0 bridgehead atoms. The summed E-state index contributed by atoms with van der Waals surface area (Å²) in [6.07, 6.45) is -2.82. The lowest BCUT2D eigenvalue weighted by molar-refractivity contribution is -0.137. The smallest absolute Gasteiger partial charge is 0.416 e. The van der Waals surface area contributed by atoms with E-state index in [4.69, 9.17) is 9.57 Å². The zero-order valence-corrected chi connectivity index (χ0v) is 16.6. The number of halogens is 3. The Morgan fingerprint density at radius 1 is 1.00 bits per heavy atom. The Labute approximate surface area is 177 Å². The summed E-state index contributed by atoms with van der Waals surface area (Å²) in [5, 5.41) is 4.00. The van der Waals surface area contributed by atoms with Crippen LogP contribution in [0.1, 0.15) is 34.1 Å². The second-order valence-electron chi connectivity index (χ2n) is 6.60. The van der Waals surface area contributed by atoms with Crippen LogP contribution in [0.5, 0.6) is 5.75 Å². The highest BCUT2D eigenvalue weighted by atomic mass is 19.4. The fourth-order valence-electron chi connectivity index (χ4n) is 2.59. The zero-order valence-electron chi connectivity index (χ0n) is 16.6. The summed E-state index contributed by atoms with van der Waals surface area (Å²) >= 11 is 0. The molecule has 0 unspecified atom stereocenters. The lowest BCUT2D eigenvalue weighted by Crippen LogP contribution is -2.12. The van der Waals surface area contributed by atoms with Crippen LogP contribution >= 0.6 is 0 Å². The highest BCUT2D eigenvalue weighted by Gasteiger charge is 2.29. The number of aromatic nitrogens is 1. The van der Waals surface area contributed by atoms with Gasteiger partial charge >= 0.3 is 6.18 Å². The number of alkyl halides is 3. The molecule has 0 N–H and O–H groups in total. The lowest BCUT2D eigenvalue weighted by atomic mass is 10.1. The summed E-state index contributed by atoms with van der Waals surface area (Å²) in [4.78, 5) is 21.2. The van der Waals surface area contributed by atoms with Gasteiger partial charge in [-0.1, -0.05) is 23.4 Å². The first-order chi connectivity index (χ1) is 14.8. The van der Waals surface area contributed by atoms with Crippen molar-refractivity contribution in [1.82, 2.24) is 4.98 Å². The van der Waals surface area contributed by atoms with E-state index in [9.17, 15) is 18.0 Å². The van der Waals surface area contributed by atoms with Gasteiger partial charge in [-0.25, -0.2) is 0 Å². The van der Waals surface area contributed by atoms with E-state index < -0.39 is 11.7 Å². The number of ketones is 1. The van der Waals surface area contributed by atoms with E-state index in [1.807, 2.05) is 0 Å². The number of carbonyl (C=O) groups excluding carboxylic acids is 1. The molecule has 0 fully saturated rings. The third kappa shape index (κ3) is 6.40. The lowest BCUT2D eigenvalue weighted by Gasteiger charge is -2.08. The Kier molecular flexibility index (Phi) is 7.02. The molecule has 3 aromatic rings. The Bertz CT molecular complexity index is 1030. The first kappa shape index (κ1) is 22.0.